The fourth-order valence-corrected chi connectivity index (χ4v) is 7.92. The molecule has 0 aromatic heterocycles. The van der Waals surface area contributed by atoms with E-state index in [1.807, 2.05) is 0 Å². The van der Waals surface area contributed by atoms with Crippen LogP contribution in [0.5, 0.6) is 0 Å². The van der Waals surface area contributed by atoms with Gasteiger partial charge in [-0.2, -0.15) is 0 Å². The number of unbranched alkanes of at least 4 members (excludes halogenated alkanes) is 26. The van der Waals surface area contributed by atoms with E-state index in [0.29, 0.717) is 19.3 Å². The Bertz CT molecular complexity index is 1400. The van der Waals surface area contributed by atoms with Gasteiger partial charge in [0.05, 0.1) is 0 Å². The van der Waals surface area contributed by atoms with Crippen molar-refractivity contribution >= 4 is 17.9 Å². The molecule has 0 N–H and O–H groups in total. The molecule has 0 aliphatic carbocycles. The molecule has 6 heteroatoms. The van der Waals surface area contributed by atoms with Gasteiger partial charge < -0.3 is 14.2 Å². The van der Waals surface area contributed by atoms with Crippen LogP contribution in [0.3, 0.4) is 0 Å². The molecule has 0 saturated carbocycles. The molecule has 0 amide bonds. The van der Waals surface area contributed by atoms with E-state index in [-0.39, 0.29) is 31.1 Å². The van der Waals surface area contributed by atoms with Gasteiger partial charge in [-0.25, -0.2) is 0 Å². The zero-order valence-electron chi connectivity index (χ0n) is 45.8. The molecule has 0 fully saturated rings. The molecule has 1 unspecified atom stereocenters. The summed E-state index contributed by atoms with van der Waals surface area (Å²) < 4.78 is 16.8. The lowest BCUT2D eigenvalue weighted by Crippen LogP contribution is -2.30. The maximum atomic E-state index is 12.9. The number of carbonyl (C=O) groups excluding carboxylic acids is 3. The lowest BCUT2D eigenvalue weighted by Gasteiger charge is -2.18. The van der Waals surface area contributed by atoms with Gasteiger partial charge in [-0.3, -0.25) is 14.4 Å². The first-order valence-corrected chi connectivity index (χ1v) is 29.3. The molecule has 0 spiro atoms. The lowest BCUT2D eigenvalue weighted by atomic mass is 10.1. The molecule has 0 aliphatic rings. The fraction of sp³-hybridized carbons (Fsp3) is 0.703. The highest BCUT2D eigenvalue weighted by molar-refractivity contribution is 5.71. The smallest absolute Gasteiger partial charge is 0.306 e. The second-order valence-electron chi connectivity index (χ2n) is 19.2. The molecule has 70 heavy (non-hydrogen) atoms. The van der Waals surface area contributed by atoms with Crippen LogP contribution in [0.4, 0.5) is 0 Å². The van der Waals surface area contributed by atoms with Crippen molar-refractivity contribution in [1.29, 1.82) is 0 Å². The molecule has 0 bridgehead atoms. The Balaban J connectivity index is 4.46. The Hall–Kier alpha value is -3.67. The van der Waals surface area contributed by atoms with Gasteiger partial charge in [-0.15, -0.1) is 0 Å². The summed E-state index contributed by atoms with van der Waals surface area (Å²) in [7, 11) is 0. The third-order valence-corrected chi connectivity index (χ3v) is 12.3. The third kappa shape index (κ3) is 55.3. The average Bonchev–Trinajstić information content (AvgIpc) is 3.36. The Labute approximate surface area is 432 Å². The van der Waals surface area contributed by atoms with E-state index >= 15 is 0 Å². The topological polar surface area (TPSA) is 78.9 Å². The maximum Gasteiger partial charge on any atom is 0.306 e. The SMILES string of the molecule is CC/C=C\C/C=C\C/C=C\C/C=C\C/C=C\CCCCCC(=O)OCC(COC(=O)CCCCC/C=C\CCCCCCCCC)OC(=O)CCCCCCCCCCCC/C=C\C=C/CCCCC. The Kier molecular flexibility index (Phi) is 54.9. The van der Waals surface area contributed by atoms with Gasteiger partial charge >= 0.3 is 17.9 Å². The van der Waals surface area contributed by atoms with E-state index in [9.17, 15) is 14.4 Å². The predicted molar refractivity (Wildman–Crippen MR) is 302 cm³/mol. The van der Waals surface area contributed by atoms with Gasteiger partial charge in [0.1, 0.15) is 13.2 Å². The summed E-state index contributed by atoms with van der Waals surface area (Å²) in [6.07, 6.45) is 76.8. The summed E-state index contributed by atoms with van der Waals surface area (Å²) >= 11 is 0. The highest BCUT2D eigenvalue weighted by atomic mass is 16.6. The van der Waals surface area contributed by atoms with Crippen molar-refractivity contribution in [3.8, 4) is 0 Å². The van der Waals surface area contributed by atoms with Crippen LogP contribution >= 0.6 is 0 Å². The van der Waals surface area contributed by atoms with Gasteiger partial charge in [0, 0.05) is 19.3 Å². The van der Waals surface area contributed by atoms with Gasteiger partial charge in [0.2, 0.25) is 0 Å². The zero-order valence-corrected chi connectivity index (χ0v) is 45.8. The van der Waals surface area contributed by atoms with E-state index in [1.54, 1.807) is 0 Å². The van der Waals surface area contributed by atoms with Crippen molar-refractivity contribution < 1.29 is 28.6 Å². The molecule has 0 heterocycles. The minimum absolute atomic E-state index is 0.0975. The largest absolute Gasteiger partial charge is 0.462 e. The monoisotopic (exact) mass is 973 g/mol. The van der Waals surface area contributed by atoms with Crippen LogP contribution in [0.15, 0.2) is 97.2 Å². The second-order valence-corrected chi connectivity index (χ2v) is 19.2. The van der Waals surface area contributed by atoms with Crippen LogP contribution in [0.1, 0.15) is 271 Å². The van der Waals surface area contributed by atoms with Crippen LogP contribution in [-0.4, -0.2) is 37.2 Å². The zero-order chi connectivity index (χ0) is 50.7. The number of esters is 3. The number of allylic oxidation sites excluding steroid dienone is 16. The Morgan fingerprint density at radius 2 is 0.600 bits per heavy atom. The van der Waals surface area contributed by atoms with E-state index in [1.165, 1.54) is 122 Å². The molecule has 1 atom stereocenters. The van der Waals surface area contributed by atoms with Gasteiger partial charge in [0.15, 0.2) is 6.10 Å². The Morgan fingerprint density at radius 3 is 1.01 bits per heavy atom. The number of rotatable bonds is 52. The molecule has 0 radical (unpaired) electrons. The van der Waals surface area contributed by atoms with Crippen LogP contribution in [0, 0.1) is 0 Å². The van der Waals surface area contributed by atoms with E-state index < -0.39 is 6.10 Å². The summed E-state index contributed by atoms with van der Waals surface area (Å²) in [5.74, 6) is -0.944. The summed E-state index contributed by atoms with van der Waals surface area (Å²) in [5.41, 5.74) is 0. The number of hydrogen-bond acceptors (Lipinski definition) is 6. The average molecular weight is 974 g/mol. The van der Waals surface area contributed by atoms with E-state index in [2.05, 4.69) is 118 Å². The summed E-state index contributed by atoms with van der Waals surface area (Å²) in [6.45, 7) is 6.46. The third-order valence-electron chi connectivity index (χ3n) is 12.3. The van der Waals surface area contributed by atoms with Crippen molar-refractivity contribution in [2.45, 2.75) is 277 Å². The van der Waals surface area contributed by atoms with Crippen LogP contribution < -0.4 is 0 Å². The first-order valence-electron chi connectivity index (χ1n) is 29.3. The van der Waals surface area contributed by atoms with E-state index in [0.717, 1.165) is 109 Å². The summed E-state index contributed by atoms with van der Waals surface area (Å²) in [5, 5.41) is 0. The van der Waals surface area contributed by atoms with Gasteiger partial charge in [-0.1, -0.05) is 234 Å². The first kappa shape index (κ1) is 66.3. The lowest BCUT2D eigenvalue weighted by molar-refractivity contribution is -0.167. The fourth-order valence-electron chi connectivity index (χ4n) is 7.92. The van der Waals surface area contributed by atoms with Crippen molar-refractivity contribution in [2.24, 2.45) is 0 Å². The van der Waals surface area contributed by atoms with Crippen molar-refractivity contribution in [3.05, 3.63) is 97.2 Å². The molecule has 0 aliphatic heterocycles. The van der Waals surface area contributed by atoms with Gasteiger partial charge in [0.25, 0.3) is 0 Å². The second kappa shape index (κ2) is 57.9. The number of hydrogen-bond donors (Lipinski definition) is 0. The minimum atomic E-state index is -0.801. The highest BCUT2D eigenvalue weighted by Gasteiger charge is 2.19. The summed E-state index contributed by atoms with van der Waals surface area (Å²) in [6, 6.07) is 0. The highest BCUT2D eigenvalue weighted by Crippen LogP contribution is 2.15. The van der Waals surface area contributed by atoms with Crippen LogP contribution in [-0.2, 0) is 28.6 Å². The van der Waals surface area contributed by atoms with Crippen molar-refractivity contribution in [3.63, 3.8) is 0 Å². The molecule has 6 nitrogen and oxygen atoms in total. The van der Waals surface area contributed by atoms with Crippen molar-refractivity contribution in [2.75, 3.05) is 13.2 Å². The standard InChI is InChI=1S/C64H108O6/c1-4-7-10-13-16-19-22-25-28-30-32-34-36-39-42-45-48-51-54-57-63(66)69-60-61(59-68-62(65)56-53-50-47-44-41-38-27-24-21-18-15-12-9-6-3)70-64(67)58-55-52-49-46-43-40-37-35-33-31-29-26-23-20-17-14-11-8-5-2/h7,10,16-17,19-20,23,25-26,28,32,34,38-39,41-42,61H,4-6,8-9,11-15,18,21-22,24,27,29-31,33,35-37,40,43-60H2,1-3H3/b10-7-,19-16-,20-17-,26-23-,28-25-,34-32-,41-38-,42-39-. The normalized spacial score (nSPS) is 12.8. The predicted octanol–water partition coefficient (Wildman–Crippen LogP) is 19.7. The minimum Gasteiger partial charge on any atom is -0.462 e. The maximum absolute atomic E-state index is 12.9. The molecule has 400 valence electrons. The number of ether oxygens (including phenoxy) is 3. The molecular weight excluding hydrogens is 865 g/mol. The molecule has 0 aromatic carbocycles. The van der Waals surface area contributed by atoms with Gasteiger partial charge in [-0.05, 0) is 116 Å². The first-order chi connectivity index (χ1) is 34.5. The summed E-state index contributed by atoms with van der Waals surface area (Å²) in [4.78, 5) is 38.2. The molecule has 0 saturated heterocycles. The van der Waals surface area contributed by atoms with E-state index in [4.69, 9.17) is 14.2 Å². The molecular formula is C64H108O6. The molecule has 0 rings (SSSR count). The number of carbonyl (C=O) groups is 3. The van der Waals surface area contributed by atoms with Crippen LogP contribution in [0.25, 0.3) is 0 Å². The van der Waals surface area contributed by atoms with Crippen molar-refractivity contribution in [1.82, 2.24) is 0 Å². The Morgan fingerprint density at radius 1 is 0.314 bits per heavy atom. The molecule has 0 aromatic rings. The van der Waals surface area contributed by atoms with Crippen LogP contribution in [0.2, 0.25) is 0 Å². The quantitative estimate of drug-likeness (QED) is 0.0199.